The number of aliphatic carboxylic acids is 1. The summed E-state index contributed by atoms with van der Waals surface area (Å²) >= 11 is 0. The summed E-state index contributed by atoms with van der Waals surface area (Å²) in [5.41, 5.74) is 0. The first-order valence-corrected chi connectivity index (χ1v) is 5.07. The standard InChI is InChI=1S/C10H19NO5/c1-8(2)11(4-5-15-3)9(12)6-16-7-10(13)14/h8H,4-7H2,1-3H3,(H,13,14). The van der Waals surface area contributed by atoms with E-state index in [2.05, 4.69) is 0 Å². The predicted molar refractivity (Wildman–Crippen MR) is 57.2 cm³/mol. The molecule has 0 unspecified atom stereocenters. The van der Waals surface area contributed by atoms with Crippen molar-refractivity contribution in [1.29, 1.82) is 0 Å². The van der Waals surface area contributed by atoms with Crippen LogP contribution < -0.4 is 0 Å². The van der Waals surface area contributed by atoms with Crippen LogP contribution in [0, 0.1) is 0 Å². The smallest absolute Gasteiger partial charge is 0.329 e. The summed E-state index contributed by atoms with van der Waals surface area (Å²) in [7, 11) is 1.56. The summed E-state index contributed by atoms with van der Waals surface area (Å²) in [6.45, 7) is 4.01. The monoisotopic (exact) mass is 233 g/mol. The molecule has 0 saturated heterocycles. The number of nitrogens with zero attached hydrogens (tertiary/aromatic N) is 1. The minimum atomic E-state index is -1.08. The van der Waals surface area contributed by atoms with Crippen LogP contribution in [0.2, 0.25) is 0 Å². The molecule has 1 N–H and O–H groups in total. The number of amides is 1. The quantitative estimate of drug-likeness (QED) is 0.637. The molecule has 0 spiro atoms. The van der Waals surface area contributed by atoms with Gasteiger partial charge in [0.1, 0.15) is 13.2 Å². The second-order valence-corrected chi connectivity index (χ2v) is 3.56. The zero-order valence-corrected chi connectivity index (χ0v) is 9.93. The highest BCUT2D eigenvalue weighted by Gasteiger charge is 2.16. The lowest BCUT2D eigenvalue weighted by atomic mass is 10.3. The molecule has 0 fully saturated rings. The third-order valence-corrected chi connectivity index (χ3v) is 1.93. The van der Waals surface area contributed by atoms with Crippen molar-refractivity contribution in [2.24, 2.45) is 0 Å². The molecule has 6 heteroatoms. The fourth-order valence-corrected chi connectivity index (χ4v) is 1.17. The average molecular weight is 233 g/mol. The third kappa shape index (κ3) is 6.36. The van der Waals surface area contributed by atoms with Crippen LogP contribution in [0.5, 0.6) is 0 Å². The van der Waals surface area contributed by atoms with E-state index in [-0.39, 0.29) is 18.6 Å². The second-order valence-electron chi connectivity index (χ2n) is 3.56. The SMILES string of the molecule is COCCN(C(=O)COCC(=O)O)C(C)C. The van der Waals surface area contributed by atoms with Crippen LogP contribution in [-0.2, 0) is 19.1 Å². The first-order valence-electron chi connectivity index (χ1n) is 5.07. The van der Waals surface area contributed by atoms with E-state index in [0.717, 1.165) is 0 Å². The van der Waals surface area contributed by atoms with Crippen LogP contribution in [0.3, 0.4) is 0 Å². The maximum Gasteiger partial charge on any atom is 0.329 e. The minimum Gasteiger partial charge on any atom is -0.480 e. The molecule has 16 heavy (non-hydrogen) atoms. The van der Waals surface area contributed by atoms with Crippen LogP contribution in [0.25, 0.3) is 0 Å². The largest absolute Gasteiger partial charge is 0.480 e. The van der Waals surface area contributed by atoms with Crippen LogP contribution in [0.15, 0.2) is 0 Å². The zero-order chi connectivity index (χ0) is 12.6. The Hall–Kier alpha value is -1.14. The summed E-state index contributed by atoms with van der Waals surface area (Å²) in [5, 5.41) is 8.35. The normalized spacial score (nSPS) is 10.5. The Labute approximate surface area is 95.1 Å². The number of ether oxygens (including phenoxy) is 2. The summed E-state index contributed by atoms with van der Waals surface area (Å²) in [6.07, 6.45) is 0. The molecule has 6 nitrogen and oxygen atoms in total. The maximum atomic E-state index is 11.6. The zero-order valence-electron chi connectivity index (χ0n) is 9.93. The van der Waals surface area contributed by atoms with E-state index >= 15 is 0 Å². The molecule has 0 aromatic heterocycles. The number of carboxylic acids is 1. The molecular weight excluding hydrogens is 214 g/mol. The van der Waals surface area contributed by atoms with Crippen molar-refractivity contribution in [3.05, 3.63) is 0 Å². The Balaban J connectivity index is 4.01. The Morgan fingerprint density at radius 2 is 1.94 bits per heavy atom. The summed E-state index contributed by atoms with van der Waals surface area (Å²) in [4.78, 5) is 23.4. The van der Waals surface area contributed by atoms with Crippen LogP contribution in [0.4, 0.5) is 0 Å². The third-order valence-electron chi connectivity index (χ3n) is 1.93. The summed E-state index contributed by atoms with van der Waals surface area (Å²) < 4.78 is 9.62. The Morgan fingerprint density at radius 3 is 2.38 bits per heavy atom. The molecule has 0 bridgehead atoms. The molecule has 1 amide bonds. The van der Waals surface area contributed by atoms with Gasteiger partial charge in [0, 0.05) is 19.7 Å². The Bertz CT molecular complexity index is 229. The van der Waals surface area contributed by atoms with Crippen LogP contribution in [0.1, 0.15) is 13.8 Å². The molecule has 0 aromatic rings. The minimum absolute atomic E-state index is 0.0380. The number of carboxylic acid groups (broad SMARTS) is 1. The van der Waals surface area contributed by atoms with Gasteiger partial charge in [-0.1, -0.05) is 0 Å². The number of carbonyl (C=O) groups is 2. The lowest BCUT2D eigenvalue weighted by molar-refractivity contribution is -0.146. The van der Waals surface area contributed by atoms with E-state index in [4.69, 9.17) is 14.6 Å². The van der Waals surface area contributed by atoms with E-state index in [1.807, 2.05) is 13.8 Å². The van der Waals surface area contributed by atoms with Gasteiger partial charge in [-0.05, 0) is 13.8 Å². The van der Waals surface area contributed by atoms with Crippen molar-refractivity contribution in [2.75, 3.05) is 33.5 Å². The van der Waals surface area contributed by atoms with Crippen molar-refractivity contribution in [3.63, 3.8) is 0 Å². The molecule has 0 radical (unpaired) electrons. The fraction of sp³-hybridized carbons (Fsp3) is 0.800. The van der Waals surface area contributed by atoms with E-state index in [1.54, 1.807) is 12.0 Å². The molecule has 0 aliphatic carbocycles. The highest BCUT2D eigenvalue weighted by Crippen LogP contribution is 1.99. The van der Waals surface area contributed by atoms with Gasteiger partial charge in [-0.3, -0.25) is 4.79 Å². The molecule has 94 valence electrons. The van der Waals surface area contributed by atoms with E-state index in [9.17, 15) is 9.59 Å². The van der Waals surface area contributed by atoms with Gasteiger partial charge in [-0.2, -0.15) is 0 Å². The van der Waals surface area contributed by atoms with E-state index in [0.29, 0.717) is 13.2 Å². The van der Waals surface area contributed by atoms with Crippen molar-refractivity contribution < 1.29 is 24.2 Å². The average Bonchev–Trinajstić information content (AvgIpc) is 2.17. The van der Waals surface area contributed by atoms with Gasteiger partial charge in [0.2, 0.25) is 5.91 Å². The predicted octanol–water partition coefficient (Wildman–Crippen LogP) is -0.0290. The highest BCUT2D eigenvalue weighted by molar-refractivity contribution is 5.78. The van der Waals surface area contributed by atoms with Crippen molar-refractivity contribution in [2.45, 2.75) is 19.9 Å². The van der Waals surface area contributed by atoms with Crippen molar-refractivity contribution in [3.8, 4) is 0 Å². The van der Waals surface area contributed by atoms with E-state index < -0.39 is 12.6 Å². The fourth-order valence-electron chi connectivity index (χ4n) is 1.17. The van der Waals surface area contributed by atoms with Gasteiger partial charge in [0.05, 0.1) is 6.61 Å². The molecule has 0 saturated carbocycles. The summed E-state index contributed by atoms with van der Waals surface area (Å²) in [5.74, 6) is -1.31. The van der Waals surface area contributed by atoms with Crippen molar-refractivity contribution in [1.82, 2.24) is 4.90 Å². The van der Waals surface area contributed by atoms with Crippen LogP contribution in [-0.4, -0.2) is 61.4 Å². The topological polar surface area (TPSA) is 76.1 Å². The second kappa shape index (κ2) is 8.06. The van der Waals surface area contributed by atoms with E-state index in [1.165, 1.54) is 0 Å². The van der Waals surface area contributed by atoms with Crippen molar-refractivity contribution >= 4 is 11.9 Å². The van der Waals surface area contributed by atoms with Gasteiger partial charge >= 0.3 is 5.97 Å². The lowest BCUT2D eigenvalue weighted by Gasteiger charge is -2.26. The molecule has 0 aliphatic rings. The Kier molecular flexibility index (Phi) is 7.49. The molecular formula is C10H19NO5. The highest BCUT2D eigenvalue weighted by atomic mass is 16.5. The number of methoxy groups -OCH3 is 1. The maximum absolute atomic E-state index is 11.6. The van der Waals surface area contributed by atoms with Gasteiger partial charge < -0.3 is 19.5 Å². The van der Waals surface area contributed by atoms with Crippen LogP contribution >= 0.6 is 0 Å². The molecule has 0 rings (SSSR count). The molecule has 0 aromatic carbocycles. The number of hydrogen-bond donors (Lipinski definition) is 1. The van der Waals surface area contributed by atoms with Gasteiger partial charge in [-0.25, -0.2) is 4.79 Å². The van der Waals surface area contributed by atoms with Gasteiger partial charge in [-0.15, -0.1) is 0 Å². The van der Waals surface area contributed by atoms with Gasteiger partial charge in [0.25, 0.3) is 0 Å². The molecule has 0 aliphatic heterocycles. The number of carbonyl (C=O) groups excluding carboxylic acids is 1. The Morgan fingerprint density at radius 1 is 1.31 bits per heavy atom. The molecule has 0 atom stereocenters. The first kappa shape index (κ1) is 14.9. The summed E-state index contributed by atoms with van der Waals surface area (Å²) in [6, 6.07) is 0.0380. The number of hydrogen-bond acceptors (Lipinski definition) is 4. The molecule has 0 heterocycles. The lowest BCUT2D eigenvalue weighted by Crippen LogP contribution is -2.41. The first-order chi connectivity index (χ1) is 7.49. The van der Waals surface area contributed by atoms with Gasteiger partial charge in [0.15, 0.2) is 0 Å². The number of rotatable bonds is 8.